The van der Waals surface area contributed by atoms with E-state index in [4.69, 9.17) is 11.6 Å². The van der Waals surface area contributed by atoms with Gasteiger partial charge in [0.25, 0.3) is 0 Å². The molecule has 0 N–H and O–H groups in total. The van der Waals surface area contributed by atoms with Crippen molar-refractivity contribution in [3.63, 3.8) is 0 Å². The summed E-state index contributed by atoms with van der Waals surface area (Å²) in [5.41, 5.74) is 1.98. The molecule has 1 saturated heterocycles. The Morgan fingerprint density at radius 1 is 1.11 bits per heavy atom. The van der Waals surface area contributed by atoms with E-state index < -0.39 is 0 Å². The van der Waals surface area contributed by atoms with Gasteiger partial charge >= 0.3 is 0 Å². The van der Waals surface area contributed by atoms with E-state index in [0.717, 1.165) is 52.3 Å². The van der Waals surface area contributed by atoms with Gasteiger partial charge in [-0.25, -0.2) is 4.98 Å². The van der Waals surface area contributed by atoms with E-state index >= 15 is 0 Å². The normalized spacial score (nSPS) is 18.1. The van der Waals surface area contributed by atoms with Crippen LogP contribution < -0.4 is 4.90 Å². The van der Waals surface area contributed by atoms with Crippen LogP contribution in [0.4, 0.5) is 5.95 Å². The first-order valence-electron chi connectivity index (χ1n) is 10.1. The van der Waals surface area contributed by atoms with E-state index in [2.05, 4.69) is 43.7 Å². The summed E-state index contributed by atoms with van der Waals surface area (Å²) in [6.45, 7) is 4.50. The number of nitrogens with zero attached hydrogens (tertiary/aromatic N) is 5. The molecule has 3 aromatic rings. The maximum atomic E-state index is 6.45. The predicted molar refractivity (Wildman–Crippen MR) is 115 cm³/mol. The highest BCUT2D eigenvalue weighted by atomic mass is 35.5. The van der Waals surface area contributed by atoms with E-state index in [0.29, 0.717) is 11.2 Å². The lowest BCUT2D eigenvalue weighted by Gasteiger charge is -2.31. The Labute approximate surface area is 174 Å². The molecule has 146 valence electrons. The summed E-state index contributed by atoms with van der Waals surface area (Å²) in [4.78, 5) is 6.96. The highest BCUT2D eigenvalue weighted by Crippen LogP contribution is 2.42. The third-order valence-electron chi connectivity index (χ3n) is 5.73. The molecule has 0 radical (unpaired) electrons. The van der Waals surface area contributed by atoms with Crippen LogP contribution in [0.2, 0.25) is 5.15 Å². The first-order valence-corrected chi connectivity index (χ1v) is 11.4. The molecule has 0 unspecified atom stereocenters. The maximum Gasteiger partial charge on any atom is 0.228 e. The molecule has 1 aliphatic carbocycles. The van der Waals surface area contributed by atoms with Gasteiger partial charge < -0.3 is 4.90 Å². The molecule has 0 amide bonds. The van der Waals surface area contributed by atoms with E-state index in [1.165, 1.54) is 25.7 Å². The van der Waals surface area contributed by atoms with Crippen molar-refractivity contribution in [2.45, 2.75) is 49.6 Å². The minimum Gasteiger partial charge on any atom is -0.341 e. The Morgan fingerprint density at radius 2 is 1.89 bits per heavy atom. The summed E-state index contributed by atoms with van der Waals surface area (Å²) in [6.07, 6.45) is 4.92. The first-order chi connectivity index (χ1) is 13.7. The number of pyridine rings is 1. The molecule has 7 heteroatoms. The molecular weight excluding hydrogens is 390 g/mol. The van der Waals surface area contributed by atoms with Crippen LogP contribution in [-0.4, -0.2) is 32.8 Å². The molecule has 2 aromatic heterocycles. The van der Waals surface area contributed by atoms with Crippen LogP contribution in [0, 0.1) is 5.92 Å². The second-order valence-electron chi connectivity index (χ2n) is 7.97. The Kier molecular flexibility index (Phi) is 4.93. The third kappa shape index (κ3) is 3.60. The van der Waals surface area contributed by atoms with Crippen molar-refractivity contribution in [2.24, 2.45) is 5.92 Å². The van der Waals surface area contributed by atoms with Crippen molar-refractivity contribution in [2.75, 3.05) is 18.0 Å². The van der Waals surface area contributed by atoms with Gasteiger partial charge in [0.15, 0.2) is 5.16 Å². The zero-order valence-electron chi connectivity index (χ0n) is 16.0. The van der Waals surface area contributed by atoms with Crippen molar-refractivity contribution in [3.05, 3.63) is 41.0 Å². The number of piperidine rings is 1. The highest BCUT2D eigenvalue weighted by molar-refractivity contribution is 7.98. The van der Waals surface area contributed by atoms with Gasteiger partial charge in [0.05, 0.1) is 5.52 Å². The number of para-hydroxylation sites is 1. The summed E-state index contributed by atoms with van der Waals surface area (Å²) in [7, 11) is 0. The monoisotopic (exact) mass is 413 g/mol. The molecule has 0 bridgehead atoms. The highest BCUT2D eigenvalue weighted by Gasteiger charge is 2.32. The van der Waals surface area contributed by atoms with E-state index in [1.807, 2.05) is 18.2 Å². The zero-order valence-corrected chi connectivity index (χ0v) is 17.6. The number of hydrogen-bond acceptors (Lipinski definition) is 5. The smallest absolute Gasteiger partial charge is 0.228 e. The van der Waals surface area contributed by atoms with Gasteiger partial charge in [-0.15, -0.1) is 10.2 Å². The topological polar surface area (TPSA) is 46.8 Å². The number of thioether (sulfide) groups is 1. The van der Waals surface area contributed by atoms with Crippen LogP contribution in [0.5, 0.6) is 0 Å². The Bertz CT molecular complexity index is 992. The van der Waals surface area contributed by atoms with E-state index in [-0.39, 0.29) is 0 Å². The summed E-state index contributed by atoms with van der Waals surface area (Å²) in [6, 6.07) is 10.8. The van der Waals surface area contributed by atoms with Crippen molar-refractivity contribution in [1.29, 1.82) is 0 Å². The predicted octanol–water partition coefficient (Wildman–Crippen LogP) is 5.34. The van der Waals surface area contributed by atoms with Gasteiger partial charge in [-0.3, -0.25) is 4.57 Å². The number of hydrogen-bond donors (Lipinski definition) is 0. The second kappa shape index (κ2) is 7.56. The van der Waals surface area contributed by atoms with Gasteiger partial charge in [-0.05, 0) is 43.7 Å². The average molecular weight is 414 g/mol. The SMILES string of the molecule is CC1CCN(c2nnc(SCc3cc4ccccc4nc3Cl)n2C2CC2)CC1. The molecular formula is C21H24ClN5S. The summed E-state index contributed by atoms with van der Waals surface area (Å²) in [5.74, 6) is 2.61. The van der Waals surface area contributed by atoms with Gasteiger partial charge in [-0.1, -0.05) is 48.5 Å². The van der Waals surface area contributed by atoms with Crippen molar-refractivity contribution in [1.82, 2.24) is 19.7 Å². The zero-order chi connectivity index (χ0) is 19.1. The number of fused-ring (bicyclic) bond motifs is 1. The lowest BCUT2D eigenvalue weighted by Crippen LogP contribution is -2.34. The van der Waals surface area contributed by atoms with E-state index in [1.54, 1.807) is 11.8 Å². The molecule has 1 aliphatic heterocycles. The number of rotatable bonds is 5. The van der Waals surface area contributed by atoms with Crippen LogP contribution >= 0.6 is 23.4 Å². The molecule has 2 aliphatic rings. The standard InChI is InChI=1S/C21H24ClN5S/c1-14-8-10-26(11-9-14)20-24-25-21(27(20)17-6-7-17)28-13-16-12-15-4-2-3-5-18(15)23-19(16)22/h2-5,12,14,17H,6-11,13H2,1H3. The quantitative estimate of drug-likeness (QED) is 0.417. The molecule has 28 heavy (non-hydrogen) atoms. The molecule has 5 rings (SSSR count). The van der Waals surface area contributed by atoms with Gasteiger partial charge in [0.2, 0.25) is 5.95 Å². The summed E-state index contributed by atoms with van der Waals surface area (Å²) in [5, 5.41) is 11.8. The fourth-order valence-corrected chi connectivity index (χ4v) is 5.09. The number of anilines is 1. The van der Waals surface area contributed by atoms with Gasteiger partial charge in [0.1, 0.15) is 5.15 Å². The summed E-state index contributed by atoms with van der Waals surface area (Å²) < 4.78 is 2.36. The number of benzene rings is 1. The van der Waals surface area contributed by atoms with Crippen molar-refractivity contribution >= 4 is 40.2 Å². The van der Waals surface area contributed by atoms with E-state index in [9.17, 15) is 0 Å². The van der Waals surface area contributed by atoms with Gasteiger partial charge in [0, 0.05) is 35.8 Å². The van der Waals surface area contributed by atoms with Gasteiger partial charge in [-0.2, -0.15) is 0 Å². The average Bonchev–Trinajstić information content (AvgIpc) is 3.46. The lowest BCUT2D eigenvalue weighted by atomic mass is 10.00. The van der Waals surface area contributed by atoms with Crippen LogP contribution in [0.25, 0.3) is 10.9 Å². The van der Waals surface area contributed by atoms with Crippen LogP contribution in [-0.2, 0) is 5.75 Å². The van der Waals surface area contributed by atoms with Crippen molar-refractivity contribution < 1.29 is 0 Å². The molecule has 5 nitrogen and oxygen atoms in total. The minimum absolute atomic E-state index is 0.553. The Hall–Kier alpha value is -1.79. The summed E-state index contributed by atoms with van der Waals surface area (Å²) >= 11 is 8.16. The second-order valence-corrected chi connectivity index (χ2v) is 9.27. The third-order valence-corrected chi connectivity index (χ3v) is 7.05. The Morgan fingerprint density at radius 3 is 2.68 bits per heavy atom. The number of aromatic nitrogens is 4. The van der Waals surface area contributed by atoms with Crippen LogP contribution in [0.15, 0.2) is 35.5 Å². The number of halogens is 1. The Balaban J connectivity index is 1.38. The molecule has 1 saturated carbocycles. The molecule has 1 aromatic carbocycles. The molecule has 0 spiro atoms. The largest absolute Gasteiger partial charge is 0.341 e. The fourth-order valence-electron chi connectivity index (χ4n) is 3.82. The minimum atomic E-state index is 0.553. The lowest BCUT2D eigenvalue weighted by molar-refractivity contribution is 0.429. The maximum absolute atomic E-state index is 6.45. The van der Waals surface area contributed by atoms with Crippen LogP contribution in [0.1, 0.15) is 44.2 Å². The van der Waals surface area contributed by atoms with Crippen molar-refractivity contribution in [3.8, 4) is 0 Å². The van der Waals surface area contributed by atoms with Crippen LogP contribution in [0.3, 0.4) is 0 Å². The molecule has 3 heterocycles. The first kappa shape index (κ1) is 18.3. The molecule has 2 fully saturated rings. The fraction of sp³-hybridized carbons (Fsp3) is 0.476. The molecule has 0 atom stereocenters.